The van der Waals surface area contributed by atoms with Crippen molar-refractivity contribution in [3.8, 4) is 0 Å². The van der Waals surface area contributed by atoms with Crippen molar-refractivity contribution >= 4 is 5.91 Å². The normalized spacial score (nSPS) is 15.7. The van der Waals surface area contributed by atoms with Crippen LogP contribution in [0.15, 0.2) is 30.3 Å². The predicted molar refractivity (Wildman–Crippen MR) is 84.7 cm³/mol. The molecule has 0 aromatic heterocycles. The first-order chi connectivity index (χ1) is 9.95. The molecular weight excluding hydrogens is 266 g/mol. The van der Waals surface area contributed by atoms with E-state index in [2.05, 4.69) is 18.7 Å². The summed E-state index contributed by atoms with van der Waals surface area (Å²) in [6, 6.07) is 9.59. The number of nitrogens with zero attached hydrogens (tertiary/aromatic N) is 1. The first-order valence-electron chi connectivity index (χ1n) is 7.33. The molecule has 118 valence electrons. The van der Waals surface area contributed by atoms with Crippen LogP contribution in [-0.4, -0.2) is 43.7 Å². The summed E-state index contributed by atoms with van der Waals surface area (Å²) < 4.78 is 5.19. The van der Waals surface area contributed by atoms with Gasteiger partial charge in [-0.3, -0.25) is 9.69 Å². The number of likely N-dealkylation sites (N-methyl/N-ethyl adjacent to an activating group) is 1. The van der Waals surface area contributed by atoms with E-state index in [1.165, 1.54) is 0 Å². The molecule has 4 N–H and O–H groups in total. The largest absolute Gasteiger partial charge is 0.383 e. The number of ether oxygens (including phenoxy) is 1. The summed E-state index contributed by atoms with van der Waals surface area (Å²) in [5.41, 5.74) is 11.5. The number of benzene rings is 1. The molecule has 0 spiro atoms. The molecule has 0 aliphatic heterocycles. The number of carbonyl (C=O) groups excluding carboxylic acids is 1. The van der Waals surface area contributed by atoms with Gasteiger partial charge in [-0.05, 0) is 25.5 Å². The van der Waals surface area contributed by atoms with Crippen molar-refractivity contribution in [2.24, 2.45) is 11.5 Å². The number of primary amides is 1. The van der Waals surface area contributed by atoms with E-state index in [4.69, 9.17) is 16.2 Å². The number of carbonyl (C=O) groups is 1. The van der Waals surface area contributed by atoms with Gasteiger partial charge < -0.3 is 16.2 Å². The monoisotopic (exact) mass is 293 g/mol. The molecule has 2 atom stereocenters. The van der Waals surface area contributed by atoms with Gasteiger partial charge in [-0.25, -0.2) is 0 Å². The van der Waals surface area contributed by atoms with Crippen molar-refractivity contribution in [3.05, 3.63) is 35.9 Å². The Morgan fingerprint density at radius 1 is 1.38 bits per heavy atom. The van der Waals surface area contributed by atoms with Crippen LogP contribution < -0.4 is 11.5 Å². The van der Waals surface area contributed by atoms with E-state index in [0.717, 1.165) is 12.1 Å². The Morgan fingerprint density at radius 2 is 2.00 bits per heavy atom. The molecule has 5 heteroatoms. The Morgan fingerprint density at radius 3 is 2.48 bits per heavy atom. The van der Waals surface area contributed by atoms with Gasteiger partial charge in [0.2, 0.25) is 5.91 Å². The summed E-state index contributed by atoms with van der Waals surface area (Å²) >= 11 is 0. The maximum atomic E-state index is 11.9. The third-order valence-electron chi connectivity index (χ3n) is 3.96. The molecule has 0 aliphatic rings. The smallest absolute Gasteiger partial charge is 0.242 e. The van der Waals surface area contributed by atoms with Gasteiger partial charge in [0.1, 0.15) is 5.54 Å². The quantitative estimate of drug-likeness (QED) is 0.713. The fourth-order valence-corrected chi connectivity index (χ4v) is 2.50. The molecule has 0 heterocycles. The van der Waals surface area contributed by atoms with Crippen molar-refractivity contribution in [2.45, 2.75) is 31.8 Å². The van der Waals surface area contributed by atoms with Gasteiger partial charge in [0.25, 0.3) is 0 Å². The molecule has 0 aliphatic carbocycles. The van der Waals surface area contributed by atoms with Gasteiger partial charge in [-0.1, -0.05) is 37.3 Å². The average molecular weight is 293 g/mol. The van der Waals surface area contributed by atoms with Crippen LogP contribution in [0.5, 0.6) is 0 Å². The molecule has 0 saturated carbocycles. The lowest BCUT2D eigenvalue weighted by Crippen LogP contribution is -2.51. The van der Waals surface area contributed by atoms with Crippen molar-refractivity contribution in [1.82, 2.24) is 4.90 Å². The highest BCUT2D eigenvalue weighted by molar-refractivity contribution is 5.85. The maximum Gasteiger partial charge on any atom is 0.242 e. The number of nitrogens with two attached hydrogens (primary N) is 2. The molecule has 0 fully saturated rings. The van der Waals surface area contributed by atoms with E-state index in [0.29, 0.717) is 19.6 Å². The zero-order valence-electron chi connectivity index (χ0n) is 13.2. The molecule has 1 amide bonds. The molecule has 0 saturated heterocycles. The van der Waals surface area contributed by atoms with Crippen LogP contribution in [0, 0.1) is 0 Å². The van der Waals surface area contributed by atoms with Gasteiger partial charge in [0.15, 0.2) is 0 Å². The van der Waals surface area contributed by atoms with Crippen LogP contribution in [0.3, 0.4) is 0 Å². The van der Waals surface area contributed by atoms with Crippen LogP contribution in [0.2, 0.25) is 0 Å². The Bertz CT molecular complexity index is 438. The van der Waals surface area contributed by atoms with Gasteiger partial charge in [0.05, 0.1) is 6.61 Å². The molecule has 1 aromatic rings. The Kier molecular flexibility index (Phi) is 6.81. The molecule has 2 unspecified atom stereocenters. The van der Waals surface area contributed by atoms with Gasteiger partial charge in [-0.2, -0.15) is 0 Å². The molecule has 1 aromatic carbocycles. The first-order valence-corrected chi connectivity index (χ1v) is 7.33. The van der Waals surface area contributed by atoms with Crippen LogP contribution in [-0.2, 0) is 15.1 Å². The van der Waals surface area contributed by atoms with Crippen LogP contribution in [0.1, 0.15) is 25.8 Å². The summed E-state index contributed by atoms with van der Waals surface area (Å²) in [7, 11) is 1.69. The number of rotatable bonds is 9. The Hall–Kier alpha value is -1.43. The second-order valence-corrected chi connectivity index (χ2v) is 5.38. The summed E-state index contributed by atoms with van der Waals surface area (Å²) in [5.74, 6) is -0.496. The van der Waals surface area contributed by atoms with E-state index in [1.807, 2.05) is 30.3 Å². The average Bonchev–Trinajstić information content (AvgIpc) is 2.48. The highest BCUT2D eigenvalue weighted by atomic mass is 16.5. The zero-order chi connectivity index (χ0) is 15.9. The fourth-order valence-electron chi connectivity index (χ4n) is 2.50. The standard InChI is InChI=1S/C16H27N3O2/c1-4-19(13(2)12-21-3)11-10-16(18,15(17)20)14-8-6-5-7-9-14/h5-9,13H,4,10-12,18H2,1-3H3,(H2,17,20). The van der Waals surface area contributed by atoms with E-state index < -0.39 is 11.4 Å². The van der Waals surface area contributed by atoms with Gasteiger partial charge >= 0.3 is 0 Å². The molecule has 1 rings (SSSR count). The molecule has 0 radical (unpaired) electrons. The molecular formula is C16H27N3O2. The van der Waals surface area contributed by atoms with Crippen molar-refractivity contribution in [3.63, 3.8) is 0 Å². The van der Waals surface area contributed by atoms with Crippen molar-refractivity contribution in [2.75, 3.05) is 26.8 Å². The maximum absolute atomic E-state index is 11.9. The van der Waals surface area contributed by atoms with Gasteiger partial charge in [0, 0.05) is 19.7 Å². The summed E-state index contributed by atoms with van der Waals surface area (Å²) in [5, 5.41) is 0. The predicted octanol–water partition coefficient (Wildman–Crippen LogP) is 1.07. The third kappa shape index (κ3) is 4.52. The minimum atomic E-state index is -1.14. The summed E-state index contributed by atoms with van der Waals surface area (Å²) in [6.45, 7) is 6.38. The minimum absolute atomic E-state index is 0.271. The topological polar surface area (TPSA) is 81.6 Å². The number of hydrogen-bond donors (Lipinski definition) is 2. The molecule has 5 nitrogen and oxygen atoms in total. The van der Waals surface area contributed by atoms with E-state index in [-0.39, 0.29) is 6.04 Å². The highest BCUT2D eigenvalue weighted by Crippen LogP contribution is 2.22. The number of methoxy groups -OCH3 is 1. The van der Waals surface area contributed by atoms with Crippen molar-refractivity contribution < 1.29 is 9.53 Å². The fraction of sp³-hybridized carbons (Fsp3) is 0.562. The molecule has 21 heavy (non-hydrogen) atoms. The Balaban J connectivity index is 2.82. The van der Waals surface area contributed by atoms with Crippen LogP contribution >= 0.6 is 0 Å². The Labute approximate surface area is 127 Å². The number of hydrogen-bond acceptors (Lipinski definition) is 4. The number of amides is 1. The van der Waals surface area contributed by atoms with Crippen LogP contribution in [0.4, 0.5) is 0 Å². The van der Waals surface area contributed by atoms with Gasteiger partial charge in [-0.15, -0.1) is 0 Å². The highest BCUT2D eigenvalue weighted by Gasteiger charge is 2.34. The summed E-state index contributed by atoms with van der Waals surface area (Å²) in [6.07, 6.45) is 0.480. The van der Waals surface area contributed by atoms with Crippen molar-refractivity contribution in [1.29, 1.82) is 0 Å². The summed E-state index contributed by atoms with van der Waals surface area (Å²) in [4.78, 5) is 14.1. The van der Waals surface area contributed by atoms with Crippen LogP contribution in [0.25, 0.3) is 0 Å². The third-order valence-corrected chi connectivity index (χ3v) is 3.96. The second-order valence-electron chi connectivity index (χ2n) is 5.38. The van der Waals surface area contributed by atoms with E-state index in [9.17, 15) is 4.79 Å². The lowest BCUT2D eigenvalue weighted by molar-refractivity contribution is -0.123. The zero-order valence-corrected chi connectivity index (χ0v) is 13.2. The molecule has 0 bridgehead atoms. The van der Waals surface area contributed by atoms with E-state index >= 15 is 0 Å². The lowest BCUT2D eigenvalue weighted by atomic mass is 9.86. The SMILES string of the molecule is CCN(CCC(N)(C(N)=O)c1ccccc1)C(C)COC. The minimum Gasteiger partial charge on any atom is -0.383 e. The second kappa shape index (κ2) is 8.12. The first kappa shape index (κ1) is 17.6. The lowest BCUT2D eigenvalue weighted by Gasteiger charge is -2.32. The van der Waals surface area contributed by atoms with E-state index in [1.54, 1.807) is 7.11 Å².